The van der Waals surface area contributed by atoms with Gasteiger partial charge in [0.05, 0.1) is 0 Å². The van der Waals surface area contributed by atoms with E-state index in [-0.39, 0.29) is 0 Å². The molecule has 0 amide bonds. The van der Waals surface area contributed by atoms with Crippen LogP contribution in [0.4, 0.5) is 0 Å². The van der Waals surface area contributed by atoms with Crippen LogP contribution in [0.15, 0.2) is 54.9 Å². The Morgan fingerprint density at radius 3 is 2.19 bits per heavy atom. The van der Waals surface area contributed by atoms with E-state index in [4.69, 9.17) is 0 Å². The highest BCUT2D eigenvalue weighted by Crippen LogP contribution is 2.18. The molecule has 0 N–H and O–H groups in total. The highest BCUT2D eigenvalue weighted by molar-refractivity contribution is 7.80. The monoisotopic (exact) mass is 227 g/mol. The van der Waals surface area contributed by atoms with Crippen LogP contribution in [0.2, 0.25) is 0 Å². The molecule has 80 valence electrons. The Bertz CT molecular complexity index is 460. The average Bonchev–Trinajstić information content (AvgIpc) is 2.38. The van der Waals surface area contributed by atoms with Gasteiger partial charge in [-0.05, 0) is 28.8 Å². The fourth-order valence-electron chi connectivity index (χ4n) is 1.52. The molecule has 1 nitrogen and oxygen atoms in total. The van der Waals surface area contributed by atoms with E-state index in [0.717, 1.165) is 5.75 Å². The topological polar surface area (TPSA) is 12.9 Å². The summed E-state index contributed by atoms with van der Waals surface area (Å²) in [6.45, 7) is 0. The van der Waals surface area contributed by atoms with Crippen LogP contribution >= 0.6 is 12.6 Å². The normalized spacial score (nSPS) is 10.8. The Labute approximate surface area is 101 Å². The van der Waals surface area contributed by atoms with E-state index in [2.05, 4.69) is 48.0 Å². The van der Waals surface area contributed by atoms with Gasteiger partial charge in [0.2, 0.25) is 0 Å². The molecule has 2 aromatic rings. The summed E-state index contributed by atoms with van der Waals surface area (Å²) in [6, 6.07) is 12.5. The highest BCUT2D eigenvalue weighted by atomic mass is 32.1. The molecule has 0 radical (unpaired) electrons. The van der Waals surface area contributed by atoms with E-state index in [1.165, 1.54) is 16.7 Å². The van der Waals surface area contributed by atoms with Gasteiger partial charge in [-0.2, -0.15) is 12.6 Å². The van der Waals surface area contributed by atoms with Crippen LogP contribution in [0.1, 0.15) is 5.56 Å². The van der Waals surface area contributed by atoms with Gasteiger partial charge in [-0.3, -0.25) is 4.98 Å². The molecule has 0 aliphatic heterocycles. The van der Waals surface area contributed by atoms with E-state index in [1.807, 2.05) is 30.6 Å². The first-order chi connectivity index (χ1) is 7.90. The smallest absolute Gasteiger partial charge is 0.0273 e. The van der Waals surface area contributed by atoms with Gasteiger partial charge < -0.3 is 0 Å². The third-order valence-electron chi connectivity index (χ3n) is 2.34. The van der Waals surface area contributed by atoms with Crippen LogP contribution in [0.25, 0.3) is 17.2 Å². The van der Waals surface area contributed by atoms with Gasteiger partial charge >= 0.3 is 0 Å². The number of hydrogen-bond acceptors (Lipinski definition) is 2. The van der Waals surface area contributed by atoms with Crippen molar-refractivity contribution in [1.29, 1.82) is 0 Å². The summed E-state index contributed by atoms with van der Waals surface area (Å²) in [7, 11) is 0. The average molecular weight is 227 g/mol. The standard InChI is InChI=1S/C14H13NS/c16-11-1-2-12-3-5-13(6-4-12)14-7-9-15-10-8-14/h1-10,16H,11H2. The maximum atomic E-state index is 4.13. The first kappa shape index (κ1) is 11.0. The second-order valence-corrected chi connectivity index (χ2v) is 3.81. The lowest BCUT2D eigenvalue weighted by Crippen LogP contribution is -1.79. The van der Waals surface area contributed by atoms with Gasteiger partial charge in [-0.1, -0.05) is 36.4 Å². The first-order valence-corrected chi connectivity index (χ1v) is 5.81. The molecule has 0 saturated heterocycles. The molecule has 0 fully saturated rings. The molecule has 0 unspecified atom stereocenters. The minimum Gasteiger partial charge on any atom is -0.265 e. The summed E-state index contributed by atoms with van der Waals surface area (Å²) in [5.41, 5.74) is 3.61. The molecule has 0 aliphatic carbocycles. The molecule has 2 heteroatoms. The van der Waals surface area contributed by atoms with Crippen molar-refractivity contribution < 1.29 is 0 Å². The van der Waals surface area contributed by atoms with E-state index in [1.54, 1.807) is 0 Å². The molecule has 1 aromatic heterocycles. The van der Waals surface area contributed by atoms with Crippen molar-refractivity contribution in [2.75, 3.05) is 5.75 Å². The van der Waals surface area contributed by atoms with Gasteiger partial charge in [0.25, 0.3) is 0 Å². The fourth-order valence-corrected chi connectivity index (χ4v) is 1.63. The zero-order valence-corrected chi connectivity index (χ0v) is 9.77. The predicted octanol–water partition coefficient (Wildman–Crippen LogP) is 3.69. The van der Waals surface area contributed by atoms with Crippen molar-refractivity contribution in [2.24, 2.45) is 0 Å². The Hall–Kier alpha value is -1.54. The van der Waals surface area contributed by atoms with Gasteiger partial charge in [0, 0.05) is 18.1 Å². The fraction of sp³-hybridized carbons (Fsp3) is 0.0714. The highest BCUT2D eigenvalue weighted by Gasteiger charge is 1.95. The van der Waals surface area contributed by atoms with Crippen molar-refractivity contribution in [1.82, 2.24) is 4.98 Å². The predicted molar refractivity (Wildman–Crippen MR) is 72.6 cm³/mol. The maximum absolute atomic E-state index is 4.13. The van der Waals surface area contributed by atoms with Gasteiger partial charge in [0.15, 0.2) is 0 Å². The number of nitrogens with zero attached hydrogens (tertiary/aromatic N) is 1. The third-order valence-corrected chi connectivity index (χ3v) is 2.55. The van der Waals surface area contributed by atoms with Crippen molar-refractivity contribution in [3.05, 3.63) is 60.4 Å². The zero-order chi connectivity index (χ0) is 11.2. The van der Waals surface area contributed by atoms with Crippen molar-refractivity contribution >= 4 is 18.7 Å². The molecular weight excluding hydrogens is 214 g/mol. The summed E-state index contributed by atoms with van der Waals surface area (Å²) in [5, 5.41) is 0. The second kappa shape index (κ2) is 5.52. The maximum Gasteiger partial charge on any atom is 0.0273 e. The van der Waals surface area contributed by atoms with E-state index < -0.39 is 0 Å². The zero-order valence-electron chi connectivity index (χ0n) is 8.88. The second-order valence-electron chi connectivity index (χ2n) is 3.44. The molecule has 0 bridgehead atoms. The lowest BCUT2D eigenvalue weighted by atomic mass is 10.1. The Morgan fingerprint density at radius 1 is 0.938 bits per heavy atom. The van der Waals surface area contributed by atoms with Crippen LogP contribution in [0.5, 0.6) is 0 Å². The van der Waals surface area contributed by atoms with Crippen molar-refractivity contribution in [2.45, 2.75) is 0 Å². The Kier molecular flexibility index (Phi) is 3.78. The SMILES string of the molecule is SCC=Cc1ccc(-c2ccncc2)cc1. The Morgan fingerprint density at radius 2 is 1.56 bits per heavy atom. The van der Waals surface area contributed by atoms with Gasteiger partial charge in [0.1, 0.15) is 0 Å². The third kappa shape index (κ3) is 2.74. The van der Waals surface area contributed by atoms with E-state index >= 15 is 0 Å². The molecule has 0 aliphatic rings. The Balaban J connectivity index is 2.23. The van der Waals surface area contributed by atoms with Gasteiger partial charge in [-0.25, -0.2) is 0 Å². The molecule has 2 rings (SSSR count). The molecule has 0 saturated carbocycles. The number of benzene rings is 1. The molecule has 0 spiro atoms. The number of rotatable bonds is 3. The lowest BCUT2D eigenvalue weighted by Gasteiger charge is -2.01. The number of hydrogen-bond donors (Lipinski definition) is 1. The minimum atomic E-state index is 0.770. The summed E-state index contributed by atoms with van der Waals surface area (Å²) in [4.78, 5) is 4.01. The molecular formula is C14H13NS. The van der Waals surface area contributed by atoms with E-state index in [0.29, 0.717) is 0 Å². The van der Waals surface area contributed by atoms with Gasteiger partial charge in [-0.15, -0.1) is 0 Å². The quantitative estimate of drug-likeness (QED) is 0.789. The molecule has 1 heterocycles. The van der Waals surface area contributed by atoms with E-state index in [9.17, 15) is 0 Å². The lowest BCUT2D eigenvalue weighted by molar-refractivity contribution is 1.33. The summed E-state index contributed by atoms with van der Waals surface area (Å²) >= 11 is 4.13. The van der Waals surface area contributed by atoms with Crippen LogP contribution in [-0.2, 0) is 0 Å². The van der Waals surface area contributed by atoms with Crippen LogP contribution < -0.4 is 0 Å². The minimum absolute atomic E-state index is 0.770. The molecule has 0 atom stereocenters. The molecule has 1 aromatic carbocycles. The largest absolute Gasteiger partial charge is 0.265 e. The number of pyridine rings is 1. The summed E-state index contributed by atoms with van der Waals surface area (Å²) < 4.78 is 0. The summed E-state index contributed by atoms with van der Waals surface area (Å²) in [5.74, 6) is 0.770. The first-order valence-electron chi connectivity index (χ1n) is 5.18. The van der Waals surface area contributed by atoms with Crippen LogP contribution in [0.3, 0.4) is 0 Å². The molecule has 16 heavy (non-hydrogen) atoms. The number of aromatic nitrogens is 1. The summed E-state index contributed by atoms with van der Waals surface area (Å²) in [6.07, 6.45) is 7.72. The van der Waals surface area contributed by atoms with Crippen molar-refractivity contribution in [3.8, 4) is 11.1 Å². The number of thiol groups is 1. The van der Waals surface area contributed by atoms with Crippen LogP contribution in [-0.4, -0.2) is 10.7 Å². The van der Waals surface area contributed by atoms with Crippen molar-refractivity contribution in [3.63, 3.8) is 0 Å². The van der Waals surface area contributed by atoms with Crippen LogP contribution in [0, 0.1) is 0 Å².